The fourth-order valence-corrected chi connectivity index (χ4v) is 2.58. The van der Waals surface area contributed by atoms with E-state index in [0.29, 0.717) is 24.5 Å². The number of nitrogens with zero attached hydrogens (tertiary/aromatic N) is 2. The van der Waals surface area contributed by atoms with Crippen LogP contribution in [0.4, 0.5) is 5.82 Å². The van der Waals surface area contributed by atoms with Gasteiger partial charge in [-0.3, -0.25) is 9.48 Å². The lowest BCUT2D eigenvalue weighted by atomic mass is 10.1. The summed E-state index contributed by atoms with van der Waals surface area (Å²) in [5.74, 6) is 1.15. The van der Waals surface area contributed by atoms with Gasteiger partial charge in [-0.15, -0.1) is 0 Å². The molecule has 3 rings (SSSR count). The molecule has 0 unspecified atom stereocenters. The lowest BCUT2D eigenvalue weighted by Crippen LogP contribution is -2.13. The maximum Gasteiger partial charge on any atom is 0.256 e. The maximum atomic E-state index is 12.4. The number of amides is 1. The smallest absolute Gasteiger partial charge is 0.256 e. The average Bonchev–Trinajstić information content (AvgIpc) is 3.04. The monoisotopic (exact) mass is 335 g/mol. The normalized spacial score (nSPS) is 10.5. The first-order valence-corrected chi connectivity index (χ1v) is 8.28. The number of carbonyl (C=O) groups is 1. The van der Waals surface area contributed by atoms with Gasteiger partial charge < -0.3 is 10.1 Å². The van der Waals surface area contributed by atoms with Crippen LogP contribution in [0.3, 0.4) is 0 Å². The predicted octanol–water partition coefficient (Wildman–Crippen LogP) is 3.89. The molecule has 0 saturated heterocycles. The molecule has 3 aromatic rings. The van der Waals surface area contributed by atoms with E-state index >= 15 is 0 Å². The molecule has 25 heavy (non-hydrogen) atoms. The number of aromatic nitrogens is 2. The molecule has 0 atom stereocenters. The fourth-order valence-electron chi connectivity index (χ4n) is 2.58. The number of hydrogen-bond donors (Lipinski definition) is 1. The van der Waals surface area contributed by atoms with Crippen LogP contribution in [0.5, 0.6) is 5.75 Å². The van der Waals surface area contributed by atoms with E-state index in [0.717, 1.165) is 16.9 Å². The van der Waals surface area contributed by atoms with Gasteiger partial charge in [0, 0.05) is 17.8 Å². The second-order valence-corrected chi connectivity index (χ2v) is 5.75. The highest BCUT2D eigenvalue weighted by Gasteiger charge is 2.10. The summed E-state index contributed by atoms with van der Waals surface area (Å²) in [7, 11) is 0. The Bertz CT molecular complexity index is 856. The second kappa shape index (κ2) is 7.66. The van der Waals surface area contributed by atoms with Gasteiger partial charge in [-0.2, -0.15) is 5.10 Å². The van der Waals surface area contributed by atoms with Crippen LogP contribution in [-0.2, 0) is 6.54 Å². The molecule has 1 aromatic heterocycles. The van der Waals surface area contributed by atoms with Gasteiger partial charge in [-0.1, -0.05) is 30.3 Å². The number of ether oxygens (including phenoxy) is 1. The van der Waals surface area contributed by atoms with Crippen LogP contribution in [0.15, 0.2) is 60.8 Å². The summed E-state index contributed by atoms with van der Waals surface area (Å²) in [4.78, 5) is 12.4. The van der Waals surface area contributed by atoms with E-state index in [1.807, 2.05) is 62.5 Å². The molecular weight excluding hydrogens is 314 g/mol. The molecule has 5 nitrogen and oxygen atoms in total. The number of carbonyl (C=O) groups excluding carboxylic acids is 1. The quantitative estimate of drug-likeness (QED) is 0.743. The van der Waals surface area contributed by atoms with Gasteiger partial charge in [0.15, 0.2) is 5.82 Å². The molecule has 1 N–H and O–H groups in total. The van der Waals surface area contributed by atoms with Gasteiger partial charge in [-0.05, 0) is 43.2 Å². The van der Waals surface area contributed by atoms with Crippen molar-refractivity contribution in [1.29, 1.82) is 0 Å². The van der Waals surface area contributed by atoms with Gasteiger partial charge in [-0.25, -0.2) is 0 Å². The summed E-state index contributed by atoms with van der Waals surface area (Å²) >= 11 is 0. The zero-order valence-electron chi connectivity index (χ0n) is 14.4. The number of rotatable bonds is 6. The Balaban J connectivity index is 1.66. The van der Waals surface area contributed by atoms with E-state index in [9.17, 15) is 4.79 Å². The Morgan fingerprint density at radius 3 is 2.68 bits per heavy atom. The largest absolute Gasteiger partial charge is 0.494 e. The minimum absolute atomic E-state index is 0.184. The van der Waals surface area contributed by atoms with Crippen LogP contribution in [0.25, 0.3) is 0 Å². The second-order valence-electron chi connectivity index (χ2n) is 5.75. The highest BCUT2D eigenvalue weighted by atomic mass is 16.5. The summed E-state index contributed by atoms with van der Waals surface area (Å²) in [5.41, 5.74) is 2.67. The van der Waals surface area contributed by atoms with Crippen molar-refractivity contribution in [2.75, 3.05) is 11.9 Å². The van der Waals surface area contributed by atoms with Crippen molar-refractivity contribution >= 4 is 11.7 Å². The van der Waals surface area contributed by atoms with Crippen LogP contribution in [-0.4, -0.2) is 22.3 Å². The number of hydrogen-bond acceptors (Lipinski definition) is 3. The topological polar surface area (TPSA) is 56.1 Å². The van der Waals surface area contributed by atoms with E-state index in [1.165, 1.54) is 0 Å². The molecule has 0 radical (unpaired) electrons. The number of anilines is 1. The molecule has 0 saturated carbocycles. The van der Waals surface area contributed by atoms with Crippen molar-refractivity contribution in [2.45, 2.75) is 20.4 Å². The van der Waals surface area contributed by atoms with Gasteiger partial charge in [0.25, 0.3) is 5.91 Å². The Hall–Kier alpha value is -3.08. The zero-order valence-corrected chi connectivity index (χ0v) is 14.4. The maximum absolute atomic E-state index is 12.4. The van der Waals surface area contributed by atoms with Crippen LogP contribution < -0.4 is 10.1 Å². The van der Waals surface area contributed by atoms with E-state index in [1.54, 1.807) is 16.8 Å². The molecule has 0 aliphatic rings. The molecule has 1 heterocycles. The minimum atomic E-state index is -0.184. The molecule has 0 spiro atoms. The van der Waals surface area contributed by atoms with E-state index < -0.39 is 0 Å². The summed E-state index contributed by atoms with van der Waals surface area (Å²) in [5, 5.41) is 7.23. The van der Waals surface area contributed by atoms with Crippen molar-refractivity contribution in [3.63, 3.8) is 0 Å². The van der Waals surface area contributed by atoms with Gasteiger partial charge in [0.2, 0.25) is 0 Å². The van der Waals surface area contributed by atoms with E-state index in [2.05, 4.69) is 10.4 Å². The molecule has 5 heteroatoms. The molecule has 1 amide bonds. The Labute approximate surface area is 147 Å². The lowest BCUT2D eigenvalue weighted by Gasteiger charge is -2.09. The Kier molecular flexibility index (Phi) is 5.14. The number of nitrogens with one attached hydrogen (secondary N) is 1. The average molecular weight is 335 g/mol. The van der Waals surface area contributed by atoms with Gasteiger partial charge >= 0.3 is 0 Å². The molecular formula is C20H21N3O2. The standard InChI is InChI=1S/C20H21N3O2/c1-3-25-18-10-9-17(13-15(18)2)20(24)21-19-11-12-23(22-19)14-16-7-5-4-6-8-16/h4-13H,3,14H2,1-2H3,(H,21,22,24). The summed E-state index contributed by atoms with van der Waals surface area (Å²) in [6.45, 7) is 5.13. The Morgan fingerprint density at radius 2 is 1.96 bits per heavy atom. The molecule has 2 aromatic carbocycles. The number of aryl methyl sites for hydroxylation is 1. The highest BCUT2D eigenvalue weighted by Crippen LogP contribution is 2.19. The summed E-state index contributed by atoms with van der Waals surface area (Å²) < 4.78 is 7.30. The van der Waals surface area contributed by atoms with Crippen molar-refractivity contribution in [3.05, 3.63) is 77.5 Å². The van der Waals surface area contributed by atoms with Crippen molar-refractivity contribution in [2.24, 2.45) is 0 Å². The number of benzene rings is 2. The Morgan fingerprint density at radius 1 is 1.16 bits per heavy atom. The summed E-state index contributed by atoms with van der Waals surface area (Å²) in [6, 6.07) is 17.3. The van der Waals surface area contributed by atoms with Gasteiger partial charge in [0.05, 0.1) is 13.2 Å². The van der Waals surface area contributed by atoms with Gasteiger partial charge in [0.1, 0.15) is 5.75 Å². The molecule has 0 aliphatic heterocycles. The van der Waals surface area contributed by atoms with E-state index in [4.69, 9.17) is 4.74 Å². The first-order chi connectivity index (χ1) is 12.2. The minimum Gasteiger partial charge on any atom is -0.494 e. The first kappa shape index (κ1) is 16.8. The van der Waals surface area contributed by atoms with Crippen LogP contribution in [0, 0.1) is 6.92 Å². The van der Waals surface area contributed by atoms with Crippen LogP contribution in [0.2, 0.25) is 0 Å². The fraction of sp³-hybridized carbons (Fsp3) is 0.200. The molecule has 0 aliphatic carbocycles. The van der Waals surface area contributed by atoms with Crippen molar-refractivity contribution < 1.29 is 9.53 Å². The zero-order chi connectivity index (χ0) is 17.6. The third-order valence-corrected chi connectivity index (χ3v) is 3.81. The molecule has 0 bridgehead atoms. The van der Waals surface area contributed by atoms with Crippen LogP contribution >= 0.6 is 0 Å². The SMILES string of the molecule is CCOc1ccc(C(=O)Nc2ccn(Cc3ccccc3)n2)cc1C. The summed E-state index contributed by atoms with van der Waals surface area (Å²) in [6.07, 6.45) is 1.85. The predicted molar refractivity (Wildman–Crippen MR) is 98.1 cm³/mol. The molecule has 128 valence electrons. The first-order valence-electron chi connectivity index (χ1n) is 8.28. The lowest BCUT2D eigenvalue weighted by molar-refractivity contribution is 0.102. The molecule has 0 fully saturated rings. The van der Waals surface area contributed by atoms with Crippen LogP contribution in [0.1, 0.15) is 28.4 Å². The van der Waals surface area contributed by atoms with Crippen molar-refractivity contribution in [1.82, 2.24) is 9.78 Å². The third-order valence-electron chi connectivity index (χ3n) is 3.81. The van der Waals surface area contributed by atoms with E-state index in [-0.39, 0.29) is 5.91 Å². The third kappa shape index (κ3) is 4.26. The highest BCUT2D eigenvalue weighted by molar-refractivity contribution is 6.03. The van der Waals surface area contributed by atoms with Crippen molar-refractivity contribution in [3.8, 4) is 5.75 Å².